The van der Waals surface area contributed by atoms with E-state index in [1.54, 1.807) is 12.1 Å². The Bertz CT molecular complexity index is 1020. The lowest BCUT2D eigenvalue weighted by Crippen LogP contribution is -2.43. The van der Waals surface area contributed by atoms with E-state index in [9.17, 15) is 9.18 Å². The van der Waals surface area contributed by atoms with Gasteiger partial charge in [0.05, 0.1) is 11.1 Å². The molecule has 0 spiro atoms. The first-order chi connectivity index (χ1) is 14.0. The molecule has 1 heterocycles. The predicted molar refractivity (Wildman–Crippen MR) is 116 cm³/mol. The number of hydrogen-bond acceptors (Lipinski definition) is 3. The third kappa shape index (κ3) is 4.45. The molecule has 0 bridgehead atoms. The fourth-order valence-corrected chi connectivity index (χ4v) is 4.88. The number of amides is 1. The Balaban J connectivity index is 1.65. The van der Waals surface area contributed by atoms with Crippen LogP contribution in [-0.2, 0) is 0 Å². The van der Waals surface area contributed by atoms with E-state index in [4.69, 9.17) is 4.98 Å². The highest BCUT2D eigenvalue weighted by Crippen LogP contribution is 2.32. The molecule has 3 aromatic rings. The van der Waals surface area contributed by atoms with E-state index in [-0.39, 0.29) is 17.8 Å². The molecule has 0 unspecified atom stereocenters. The molecule has 29 heavy (non-hydrogen) atoms. The number of aromatic nitrogens is 1. The van der Waals surface area contributed by atoms with Gasteiger partial charge in [0.1, 0.15) is 10.8 Å². The van der Waals surface area contributed by atoms with Crippen LogP contribution < -0.4 is 5.32 Å². The average Bonchev–Trinajstić information content (AvgIpc) is 2.72. The zero-order valence-corrected chi connectivity index (χ0v) is 17.5. The fraction of sp³-hybridized carbons (Fsp3) is 0.333. The van der Waals surface area contributed by atoms with Crippen molar-refractivity contribution in [1.82, 2.24) is 10.3 Å². The Morgan fingerprint density at radius 3 is 2.66 bits per heavy atom. The molecular formula is C24H25FN2OS. The zero-order chi connectivity index (χ0) is 20.4. The first kappa shape index (κ1) is 19.9. The number of hydrogen-bond donors (Lipinski definition) is 1. The molecule has 1 saturated carbocycles. The molecule has 1 aliphatic rings. The zero-order valence-electron chi connectivity index (χ0n) is 16.7. The van der Waals surface area contributed by atoms with Crippen LogP contribution in [0, 0.1) is 17.7 Å². The van der Waals surface area contributed by atoms with Gasteiger partial charge in [-0.15, -0.1) is 0 Å². The predicted octanol–water partition coefficient (Wildman–Crippen LogP) is 6.08. The fourth-order valence-electron chi connectivity index (χ4n) is 4.05. The van der Waals surface area contributed by atoms with Gasteiger partial charge in [0.2, 0.25) is 0 Å². The number of nitrogens with zero attached hydrogens (tertiary/aromatic N) is 1. The summed E-state index contributed by atoms with van der Waals surface area (Å²) in [6.07, 6.45) is 3.40. The van der Waals surface area contributed by atoms with Crippen molar-refractivity contribution in [2.24, 2.45) is 11.8 Å². The topological polar surface area (TPSA) is 42.0 Å². The van der Waals surface area contributed by atoms with E-state index >= 15 is 0 Å². The minimum Gasteiger partial charge on any atom is -0.349 e. The molecule has 3 atom stereocenters. The lowest BCUT2D eigenvalue weighted by Gasteiger charge is -2.34. The van der Waals surface area contributed by atoms with Crippen molar-refractivity contribution in [3.05, 3.63) is 66.0 Å². The van der Waals surface area contributed by atoms with Crippen LogP contribution >= 0.6 is 11.8 Å². The van der Waals surface area contributed by atoms with E-state index in [1.165, 1.54) is 30.3 Å². The summed E-state index contributed by atoms with van der Waals surface area (Å²) in [5.41, 5.74) is 1.43. The Morgan fingerprint density at radius 1 is 1.10 bits per heavy atom. The monoisotopic (exact) mass is 408 g/mol. The third-order valence-corrected chi connectivity index (χ3v) is 6.92. The summed E-state index contributed by atoms with van der Waals surface area (Å²) >= 11 is 1.43. The van der Waals surface area contributed by atoms with E-state index < -0.39 is 0 Å². The van der Waals surface area contributed by atoms with Crippen LogP contribution in [0.25, 0.3) is 10.9 Å². The first-order valence-electron chi connectivity index (χ1n) is 10.2. The molecule has 4 rings (SSSR count). The maximum absolute atomic E-state index is 13.2. The molecule has 3 nitrogen and oxygen atoms in total. The van der Waals surface area contributed by atoms with Gasteiger partial charge in [-0.25, -0.2) is 9.37 Å². The summed E-state index contributed by atoms with van der Waals surface area (Å²) in [6.45, 7) is 4.50. The van der Waals surface area contributed by atoms with Crippen LogP contribution in [-0.4, -0.2) is 16.9 Å². The molecule has 1 aliphatic carbocycles. The summed E-state index contributed by atoms with van der Waals surface area (Å²) in [5.74, 6) is 0.772. The highest BCUT2D eigenvalue weighted by Gasteiger charge is 2.29. The number of pyridine rings is 1. The van der Waals surface area contributed by atoms with Gasteiger partial charge in [-0.1, -0.05) is 56.7 Å². The van der Waals surface area contributed by atoms with Gasteiger partial charge in [0.15, 0.2) is 0 Å². The van der Waals surface area contributed by atoms with Crippen molar-refractivity contribution >= 4 is 28.6 Å². The normalized spacial score (nSPS) is 21.8. The maximum atomic E-state index is 13.2. The first-order valence-corrected chi connectivity index (χ1v) is 11.0. The third-order valence-electron chi connectivity index (χ3n) is 6.00. The number of carbonyl (C=O) groups excluding carboxylic acids is 1. The molecule has 150 valence electrons. The summed E-state index contributed by atoms with van der Waals surface area (Å²) < 4.78 is 13.2. The average molecular weight is 409 g/mol. The maximum Gasteiger partial charge on any atom is 0.252 e. The number of rotatable bonds is 4. The largest absolute Gasteiger partial charge is 0.349 e. The number of halogens is 1. The van der Waals surface area contributed by atoms with E-state index in [0.29, 0.717) is 17.4 Å². The van der Waals surface area contributed by atoms with Gasteiger partial charge in [-0.2, -0.15) is 0 Å². The van der Waals surface area contributed by atoms with E-state index in [1.807, 2.05) is 30.3 Å². The van der Waals surface area contributed by atoms with Gasteiger partial charge in [-0.05, 0) is 54.7 Å². The van der Waals surface area contributed by atoms with Gasteiger partial charge in [-0.3, -0.25) is 4.79 Å². The minimum atomic E-state index is -0.267. The lowest BCUT2D eigenvalue weighted by molar-refractivity contribution is 0.0892. The van der Waals surface area contributed by atoms with Crippen molar-refractivity contribution in [3.8, 4) is 0 Å². The standard InChI is InChI=1S/C24H25FN2OS/c1-15-6-5-9-21(16(15)2)27-24(28)20-14-23(26-22-8-4-3-7-19(20)22)29-18-12-10-17(25)11-13-18/h3-4,7-8,10-16,21H,5-6,9H2,1-2H3,(H,27,28)/t15-,16-,21+/m1/s1. The van der Waals surface area contributed by atoms with Gasteiger partial charge < -0.3 is 5.32 Å². The van der Waals surface area contributed by atoms with E-state index in [2.05, 4.69) is 19.2 Å². The van der Waals surface area contributed by atoms with Crippen LogP contribution in [0.2, 0.25) is 0 Å². The van der Waals surface area contributed by atoms with Crippen molar-refractivity contribution in [1.29, 1.82) is 0 Å². The SMILES string of the molecule is C[C@@H]1[C@H](C)CCC[C@@H]1NC(=O)c1cc(Sc2ccc(F)cc2)nc2ccccc12. The minimum absolute atomic E-state index is 0.0458. The number of carbonyl (C=O) groups is 1. The van der Waals surface area contributed by atoms with Crippen LogP contribution in [0.3, 0.4) is 0 Å². The molecule has 1 amide bonds. The van der Waals surface area contributed by atoms with Crippen molar-refractivity contribution < 1.29 is 9.18 Å². The quantitative estimate of drug-likeness (QED) is 0.569. The Morgan fingerprint density at radius 2 is 1.86 bits per heavy atom. The summed E-state index contributed by atoms with van der Waals surface area (Å²) in [6, 6.07) is 16.1. The van der Waals surface area contributed by atoms with Crippen LogP contribution in [0.15, 0.2) is 64.5 Å². The van der Waals surface area contributed by atoms with Gasteiger partial charge in [0.25, 0.3) is 5.91 Å². The van der Waals surface area contributed by atoms with Crippen LogP contribution in [0.5, 0.6) is 0 Å². The second kappa shape index (κ2) is 8.54. The van der Waals surface area contributed by atoms with Crippen molar-refractivity contribution in [2.45, 2.75) is 49.1 Å². The molecule has 1 fully saturated rings. The van der Waals surface area contributed by atoms with Crippen molar-refractivity contribution in [3.63, 3.8) is 0 Å². The second-order valence-corrected chi connectivity index (χ2v) is 9.02. The Kier molecular flexibility index (Phi) is 5.86. The van der Waals surface area contributed by atoms with E-state index in [0.717, 1.165) is 33.7 Å². The van der Waals surface area contributed by atoms with Crippen LogP contribution in [0.1, 0.15) is 43.5 Å². The molecule has 1 N–H and O–H groups in total. The molecule has 0 saturated heterocycles. The molecule has 0 radical (unpaired) electrons. The number of fused-ring (bicyclic) bond motifs is 1. The van der Waals surface area contributed by atoms with Crippen LogP contribution in [0.4, 0.5) is 4.39 Å². The molecule has 0 aliphatic heterocycles. The van der Waals surface area contributed by atoms with Gasteiger partial charge in [0, 0.05) is 16.3 Å². The van der Waals surface area contributed by atoms with Gasteiger partial charge >= 0.3 is 0 Å². The number of nitrogens with one attached hydrogen (secondary N) is 1. The summed E-state index contributed by atoms with van der Waals surface area (Å²) in [7, 11) is 0. The van der Waals surface area contributed by atoms with Crippen molar-refractivity contribution in [2.75, 3.05) is 0 Å². The summed E-state index contributed by atoms with van der Waals surface area (Å²) in [5, 5.41) is 4.86. The molecule has 5 heteroatoms. The molecular weight excluding hydrogens is 383 g/mol. The smallest absolute Gasteiger partial charge is 0.252 e. The highest BCUT2D eigenvalue weighted by molar-refractivity contribution is 7.99. The molecule has 2 aromatic carbocycles. The second-order valence-electron chi connectivity index (χ2n) is 7.93. The highest BCUT2D eigenvalue weighted by atomic mass is 32.2. The Labute approximate surface area is 175 Å². The summed E-state index contributed by atoms with van der Waals surface area (Å²) in [4.78, 5) is 18.8. The lowest BCUT2D eigenvalue weighted by atomic mass is 9.78. The number of benzene rings is 2. The molecule has 1 aromatic heterocycles. The number of para-hydroxylation sites is 1. The Hall–Kier alpha value is -2.40.